The summed E-state index contributed by atoms with van der Waals surface area (Å²) in [5.41, 5.74) is 0.522. The zero-order chi connectivity index (χ0) is 34.4. The zero-order valence-electron chi connectivity index (χ0n) is 25.2. The fraction of sp³-hybridized carbons (Fsp3) is 0.484. The maximum atomic E-state index is 13.6. The highest BCUT2D eigenvalue weighted by atomic mass is 19.4. The largest absolute Gasteiger partial charge is 0.542 e. The van der Waals surface area contributed by atoms with Gasteiger partial charge in [-0.15, -0.1) is 0 Å². The Morgan fingerprint density at radius 1 is 1.04 bits per heavy atom. The number of aliphatic carboxylic acids is 1. The summed E-state index contributed by atoms with van der Waals surface area (Å²) in [7, 11) is 0. The Morgan fingerprint density at radius 3 is 2.28 bits per heavy atom. The standard InChI is InChI=1S/C29H33F4N2O5.C2HF3O2/c1-20-15-23(27(39-20)29(31,32)33)17-34(16-21-9-14-37-19-21)28(36)40-26-18-35(11-7-22(26)8-12-35)10-2-13-38-25-5-3-24(30)4-6-25;3-2(4,5)1(6)7/h3-6,9,14-15,19,22,26H,2,7-8,10-13,16-18H2,1H3;(H,6,7)/q+1;/p-1/t22?,26-,35?;/m0./s1. The van der Waals surface area contributed by atoms with Gasteiger partial charge in [-0.1, -0.05) is 0 Å². The van der Waals surface area contributed by atoms with Crippen molar-refractivity contribution in [1.82, 2.24) is 4.90 Å². The van der Waals surface area contributed by atoms with Crippen molar-refractivity contribution < 1.29 is 68.2 Å². The van der Waals surface area contributed by atoms with E-state index in [9.17, 15) is 35.5 Å². The first kappa shape index (κ1) is 35.6. The molecule has 3 aliphatic heterocycles. The van der Waals surface area contributed by atoms with Crippen LogP contribution in [0.1, 0.15) is 41.9 Å². The number of benzene rings is 1. The highest BCUT2D eigenvalue weighted by Gasteiger charge is 2.48. The Balaban J connectivity index is 0.000000644. The first-order chi connectivity index (χ1) is 22.0. The summed E-state index contributed by atoms with van der Waals surface area (Å²) in [5, 5.41) is 8.78. The van der Waals surface area contributed by atoms with E-state index in [-0.39, 0.29) is 42.3 Å². The molecule has 0 radical (unpaired) electrons. The molecule has 3 fully saturated rings. The topological polar surface area (TPSA) is 105 Å². The van der Waals surface area contributed by atoms with Gasteiger partial charge in [0.15, 0.2) is 6.10 Å². The van der Waals surface area contributed by atoms with Gasteiger partial charge in [0.25, 0.3) is 0 Å². The van der Waals surface area contributed by atoms with Crippen molar-refractivity contribution in [2.45, 2.75) is 57.7 Å². The monoisotopic (exact) mass is 678 g/mol. The molecule has 0 saturated carbocycles. The van der Waals surface area contributed by atoms with Crippen LogP contribution in [0.5, 0.6) is 5.75 Å². The molecule has 1 atom stereocenters. The molecule has 1 amide bonds. The molecule has 3 aromatic rings. The molecule has 16 heteroatoms. The summed E-state index contributed by atoms with van der Waals surface area (Å²) in [5.74, 6) is -3.47. The van der Waals surface area contributed by atoms with Crippen LogP contribution in [0.25, 0.3) is 0 Å². The molecule has 0 spiro atoms. The normalized spacial score (nSPS) is 20.7. The lowest BCUT2D eigenvalue weighted by molar-refractivity contribution is -0.946. The fourth-order valence-electron chi connectivity index (χ4n) is 5.91. The number of ether oxygens (including phenoxy) is 2. The minimum atomic E-state index is -5.19. The molecule has 0 N–H and O–H groups in total. The number of hydrogen-bond acceptors (Lipinski definition) is 7. The lowest BCUT2D eigenvalue weighted by Gasteiger charge is -2.52. The minimum Gasteiger partial charge on any atom is -0.542 e. The van der Waals surface area contributed by atoms with Gasteiger partial charge in [0, 0.05) is 36.3 Å². The molecule has 47 heavy (non-hydrogen) atoms. The third-order valence-electron chi connectivity index (χ3n) is 8.15. The smallest absolute Gasteiger partial charge is 0.449 e. The Bertz CT molecular complexity index is 1460. The quantitative estimate of drug-likeness (QED) is 0.151. The number of halogens is 7. The third kappa shape index (κ3) is 9.89. The average molecular weight is 679 g/mol. The van der Waals surface area contributed by atoms with Crippen molar-refractivity contribution in [2.75, 3.05) is 32.8 Å². The van der Waals surface area contributed by atoms with E-state index in [0.717, 1.165) is 43.4 Å². The maximum Gasteiger partial charge on any atom is 0.449 e. The predicted molar refractivity (Wildman–Crippen MR) is 147 cm³/mol. The number of hydrogen-bond donors (Lipinski definition) is 0. The van der Waals surface area contributed by atoms with Crippen LogP contribution < -0.4 is 9.84 Å². The van der Waals surface area contributed by atoms with Crippen molar-refractivity contribution >= 4 is 12.1 Å². The second kappa shape index (κ2) is 14.7. The van der Waals surface area contributed by atoms with Gasteiger partial charge in [-0.25, -0.2) is 9.18 Å². The number of carbonyl (C=O) groups is 2. The van der Waals surface area contributed by atoms with Crippen LogP contribution in [-0.4, -0.2) is 66.5 Å². The van der Waals surface area contributed by atoms with Crippen molar-refractivity contribution in [3.8, 4) is 5.75 Å². The Kier molecular flexibility index (Phi) is 11.1. The Morgan fingerprint density at radius 2 is 1.70 bits per heavy atom. The van der Waals surface area contributed by atoms with E-state index in [0.29, 0.717) is 24.5 Å². The number of carboxylic acid groups (broad SMARTS) is 1. The molecule has 0 aliphatic carbocycles. The number of quaternary nitrogens is 1. The first-order valence-corrected chi connectivity index (χ1v) is 14.7. The predicted octanol–water partition coefficient (Wildman–Crippen LogP) is 5.85. The van der Waals surface area contributed by atoms with Crippen molar-refractivity contribution in [1.29, 1.82) is 0 Å². The molecule has 258 valence electrons. The minimum absolute atomic E-state index is 0.0367. The van der Waals surface area contributed by atoms with Gasteiger partial charge in [-0.05, 0) is 43.3 Å². The zero-order valence-corrected chi connectivity index (χ0v) is 25.2. The number of furan rings is 2. The van der Waals surface area contributed by atoms with Gasteiger partial charge in [0.2, 0.25) is 5.76 Å². The van der Waals surface area contributed by atoms with E-state index < -0.39 is 30.2 Å². The number of aryl methyl sites for hydroxylation is 1. The van der Waals surface area contributed by atoms with Gasteiger partial charge in [0.05, 0.1) is 51.9 Å². The molecule has 2 bridgehead atoms. The number of alkyl halides is 6. The van der Waals surface area contributed by atoms with E-state index in [1.807, 2.05) is 0 Å². The van der Waals surface area contributed by atoms with Crippen LogP contribution in [0, 0.1) is 18.7 Å². The highest BCUT2D eigenvalue weighted by Crippen LogP contribution is 2.37. The van der Waals surface area contributed by atoms with Gasteiger partial charge in [0.1, 0.15) is 29.8 Å². The second-order valence-corrected chi connectivity index (χ2v) is 11.6. The second-order valence-electron chi connectivity index (χ2n) is 11.6. The SMILES string of the molecule is Cc1cc(CN(Cc2ccoc2)C(=O)O[C@H]2C[N+]3(CCCOc4ccc(F)cc4)CCC2CC3)c(C(F)(F)F)o1.O=C([O-])C(F)(F)F. The summed E-state index contributed by atoms with van der Waals surface area (Å²) >= 11 is 0. The van der Waals surface area contributed by atoms with Crippen LogP contribution in [0.15, 0.2) is 57.8 Å². The maximum absolute atomic E-state index is 13.6. The van der Waals surface area contributed by atoms with Gasteiger partial charge in [-0.3, -0.25) is 4.90 Å². The van der Waals surface area contributed by atoms with Crippen molar-refractivity contribution in [3.05, 3.63) is 77.4 Å². The number of nitrogens with zero attached hydrogens (tertiary/aromatic N) is 2. The molecule has 2 aromatic heterocycles. The molecular weight excluding hydrogens is 645 g/mol. The van der Waals surface area contributed by atoms with E-state index in [1.54, 1.807) is 18.2 Å². The van der Waals surface area contributed by atoms with Crippen LogP contribution in [0.4, 0.5) is 35.5 Å². The molecule has 0 unspecified atom stereocenters. The molecule has 5 heterocycles. The Hall–Kier alpha value is -4.21. The summed E-state index contributed by atoms with van der Waals surface area (Å²) < 4.78 is 108. The van der Waals surface area contributed by atoms with E-state index in [4.69, 9.17) is 28.2 Å². The lowest BCUT2D eigenvalue weighted by atomic mass is 9.83. The summed E-state index contributed by atoms with van der Waals surface area (Å²) in [6.45, 7) is 5.13. The number of amides is 1. The van der Waals surface area contributed by atoms with Gasteiger partial charge in [-0.2, -0.15) is 26.3 Å². The number of rotatable bonds is 10. The number of carboxylic acids is 1. The third-order valence-corrected chi connectivity index (χ3v) is 8.15. The summed E-state index contributed by atoms with van der Waals surface area (Å²) in [6.07, 6.45) is -5.35. The van der Waals surface area contributed by atoms with Crippen LogP contribution in [-0.2, 0) is 28.8 Å². The van der Waals surface area contributed by atoms with Gasteiger partial charge < -0.3 is 32.7 Å². The molecule has 9 nitrogen and oxygen atoms in total. The molecule has 1 aromatic carbocycles. The fourth-order valence-corrected chi connectivity index (χ4v) is 5.91. The number of fused-ring (bicyclic) bond motifs is 3. The van der Waals surface area contributed by atoms with Gasteiger partial charge >= 0.3 is 18.4 Å². The molecule has 6 rings (SSSR count). The summed E-state index contributed by atoms with van der Waals surface area (Å²) in [4.78, 5) is 23.5. The highest BCUT2D eigenvalue weighted by molar-refractivity contribution is 5.70. The summed E-state index contributed by atoms with van der Waals surface area (Å²) in [6, 6.07) is 8.88. The van der Waals surface area contributed by atoms with E-state index in [1.165, 1.54) is 42.5 Å². The Labute approximate surface area is 265 Å². The van der Waals surface area contributed by atoms with E-state index >= 15 is 0 Å². The lowest BCUT2D eigenvalue weighted by Crippen LogP contribution is -2.65. The van der Waals surface area contributed by atoms with Crippen LogP contribution >= 0.6 is 0 Å². The van der Waals surface area contributed by atoms with Crippen molar-refractivity contribution in [3.63, 3.8) is 0 Å². The number of piperidine rings is 3. The van der Waals surface area contributed by atoms with Crippen LogP contribution in [0.3, 0.4) is 0 Å². The van der Waals surface area contributed by atoms with E-state index in [2.05, 4.69) is 0 Å². The van der Waals surface area contributed by atoms with Crippen molar-refractivity contribution in [2.24, 2.45) is 5.92 Å². The molecule has 3 aliphatic rings. The molecule has 3 saturated heterocycles. The molecular formula is C31H33F7N2O7. The van der Waals surface area contributed by atoms with Crippen LogP contribution in [0.2, 0.25) is 0 Å². The average Bonchev–Trinajstić information content (AvgIpc) is 3.65. The first-order valence-electron chi connectivity index (χ1n) is 14.7. The number of carbonyl (C=O) groups excluding carboxylic acids is 2.